The van der Waals surface area contributed by atoms with Gasteiger partial charge in [0.1, 0.15) is 22.9 Å². The monoisotopic (exact) mass is 1690 g/mol. The molecular formula is C73H83Br3N26O8. The lowest BCUT2D eigenvalue weighted by molar-refractivity contribution is -0.390. The van der Waals surface area contributed by atoms with E-state index in [9.17, 15) is 39.4 Å². The van der Waals surface area contributed by atoms with Crippen LogP contribution in [-0.2, 0) is 99.3 Å². The minimum absolute atomic E-state index is 0.00874. The largest absolute Gasteiger partial charge is 0.390 e. The van der Waals surface area contributed by atoms with Crippen LogP contribution >= 0.6 is 47.8 Å². The second-order valence-electron chi connectivity index (χ2n) is 28.0. The molecule has 15 rings (SSSR count). The molecular weight excluding hydrogens is 1610 g/mol. The fourth-order valence-corrected chi connectivity index (χ4v) is 16.1. The summed E-state index contributed by atoms with van der Waals surface area (Å²) in [6.45, 7) is 19.7. The highest BCUT2D eigenvalue weighted by Crippen LogP contribution is 2.41. The Hall–Kier alpha value is -10.8. The molecule has 5 aliphatic heterocycles. The first-order valence-corrected chi connectivity index (χ1v) is 38.2. The Morgan fingerprint density at radius 2 is 0.973 bits per heavy atom. The number of nitrogens with zero attached hydrogens (tertiary/aromatic N) is 24. The van der Waals surface area contributed by atoms with Gasteiger partial charge in [0.05, 0.1) is 100 Å². The topological polar surface area (TPSA) is 394 Å². The summed E-state index contributed by atoms with van der Waals surface area (Å²) in [5, 5.41) is 79.1. The van der Waals surface area contributed by atoms with Crippen molar-refractivity contribution in [3.63, 3.8) is 0 Å². The van der Waals surface area contributed by atoms with Gasteiger partial charge in [0.25, 0.3) is 22.6 Å². The maximum atomic E-state index is 13.9. The Kier molecular flexibility index (Phi) is 26.1. The zero-order valence-corrected chi connectivity index (χ0v) is 66.6. The van der Waals surface area contributed by atoms with E-state index in [2.05, 4.69) is 149 Å². The van der Waals surface area contributed by atoms with Gasteiger partial charge >= 0.3 is 11.6 Å². The van der Waals surface area contributed by atoms with E-state index in [1.807, 2.05) is 44.7 Å². The van der Waals surface area contributed by atoms with Gasteiger partial charge in [-0.25, -0.2) is 4.98 Å². The highest BCUT2D eigenvalue weighted by molar-refractivity contribution is 9.11. The van der Waals surface area contributed by atoms with Crippen LogP contribution in [0, 0.1) is 71.0 Å². The highest BCUT2D eigenvalue weighted by Gasteiger charge is 2.38. The lowest BCUT2D eigenvalue weighted by Crippen LogP contribution is -2.41. The van der Waals surface area contributed by atoms with E-state index in [1.165, 1.54) is 32.5 Å². The van der Waals surface area contributed by atoms with Gasteiger partial charge in [-0.3, -0.25) is 53.0 Å². The number of nitro groups is 2. The molecule has 1 amide bonds. The molecule has 110 heavy (non-hydrogen) atoms. The summed E-state index contributed by atoms with van der Waals surface area (Å²) < 4.78 is 16.4. The van der Waals surface area contributed by atoms with Gasteiger partial charge in [-0.15, -0.1) is 0 Å². The molecule has 0 aromatic carbocycles. The van der Waals surface area contributed by atoms with Gasteiger partial charge < -0.3 is 49.1 Å². The molecule has 574 valence electrons. The number of amides is 1. The number of carbonyl (C=O) groups excluding carboxylic acids is 1. The first-order valence-electron chi connectivity index (χ1n) is 35.8. The molecule has 0 unspecified atom stereocenters. The highest BCUT2D eigenvalue weighted by atomic mass is 79.9. The summed E-state index contributed by atoms with van der Waals surface area (Å²) in [6, 6.07) is 24.9. The number of carbonyl (C=O) groups is 1. The zero-order valence-electron chi connectivity index (χ0n) is 61.8. The third-order valence-corrected chi connectivity index (χ3v) is 21.0. The van der Waals surface area contributed by atoms with Crippen LogP contribution in [0.5, 0.6) is 0 Å². The Bertz CT molecular complexity index is 5190. The fourth-order valence-electron chi connectivity index (χ4n) is 14.2. The minimum Gasteiger partial charge on any atom is -0.358 e. The van der Waals surface area contributed by atoms with E-state index in [4.69, 9.17) is 31.1 Å². The first kappa shape index (κ1) is 80.3. The molecule has 14 heterocycles. The molecule has 6 aliphatic rings. The fraction of sp³-hybridized carbons (Fsp3) is 0.438. The van der Waals surface area contributed by atoms with Gasteiger partial charge in [0.2, 0.25) is 0 Å². The van der Waals surface area contributed by atoms with E-state index < -0.39 is 9.85 Å². The van der Waals surface area contributed by atoms with Crippen molar-refractivity contribution in [2.45, 2.75) is 125 Å². The van der Waals surface area contributed by atoms with Crippen LogP contribution in [0.3, 0.4) is 0 Å². The summed E-state index contributed by atoms with van der Waals surface area (Å²) in [7, 11) is 5.17. The van der Waals surface area contributed by atoms with E-state index >= 15 is 0 Å². The standard InChI is InChI=1S/C34H39N9O2.C15H17BrN6O.2C9H11N5O2.C6H5Br2NO/c1-5-25-26(7-9-36-31(25)42-13-12-41-28(33(42)45)16-22-18-34(2,3)19-29(22)41)23-15-27(32(44)39(4)20-23)37-30-17-24-21-40(10-6-8-35)11-14-43(24)38-30;1-20-9-11(16)7-13(15(20)23)18-14-8-12-10-21(4-2-3-17)5-6-22(12)19-14;2*10-2-1-3-12-4-5-13-8(7-12)6-9(11-13)14(15)16;1-9-3-4(7)2-5(8)6(9)10/h7,9,15-17,20H,5-6,10-14,18-19,21H2,1-4H3,(H,37,38);7-9H,2,4-6,10H2,1H3,(H,18,19);2*6H,1,3-5,7H2;2-3H,1H3. The van der Waals surface area contributed by atoms with Crippen molar-refractivity contribution < 1.29 is 14.6 Å². The minimum atomic E-state index is -0.481. The Balaban J connectivity index is 0.000000153. The number of nitriles is 4. The molecule has 37 heteroatoms. The Morgan fingerprint density at radius 3 is 1.43 bits per heavy atom. The van der Waals surface area contributed by atoms with Crippen LogP contribution in [0.4, 0.5) is 40.5 Å². The van der Waals surface area contributed by atoms with Gasteiger partial charge in [0.15, 0.2) is 11.6 Å². The molecule has 0 spiro atoms. The normalized spacial score (nSPS) is 15.4. The third-order valence-electron chi connectivity index (χ3n) is 19.6. The summed E-state index contributed by atoms with van der Waals surface area (Å²) >= 11 is 9.78. The van der Waals surface area contributed by atoms with Gasteiger partial charge in [-0.05, 0) is 124 Å². The lowest BCUT2D eigenvalue weighted by Gasteiger charge is -2.31. The summed E-state index contributed by atoms with van der Waals surface area (Å²) in [5.41, 5.74) is 10.8. The predicted molar refractivity (Wildman–Crippen MR) is 419 cm³/mol. The average Bonchev–Trinajstić information content (AvgIpc) is 1.56. The van der Waals surface area contributed by atoms with Crippen molar-refractivity contribution in [2.24, 2.45) is 26.6 Å². The molecule has 34 nitrogen and oxygen atoms in total. The first-order chi connectivity index (χ1) is 52.7. The van der Waals surface area contributed by atoms with Crippen molar-refractivity contribution in [3.8, 4) is 35.4 Å². The van der Waals surface area contributed by atoms with Gasteiger partial charge in [-0.2, -0.15) is 40.6 Å². The molecule has 0 saturated heterocycles. The number of halogens is 3. The smallest absolute Gasteiger partial charge is 0.358 e. The molecule has 2 N–H and O–H groups in total. The second-order valence-corrected chi connectivity index (χ2v) is 30.7. The molecule has 0 saturated carbocycles. The number of hydrogen-bond donors (Lipinski definition) is 2. The molecule has 0 atom stereocenters. The Morgan fingerprint density at radius 1 is 0.536 bits per heavy atom. The number of pyridine rings is 4. The second kappa shape index (κ2) is 35.7. The number of aromatic nitrogens is 13. The average molecular weight is 1690 g/mol. The lowest BCUT2D eigenvalue weighted by atomic mass is 9.90. The number of rotatable bonds is 17. The SMILES string of the molecule is CCc1c(-c2cc(Nc3cc4n(n3)CCN(CCC#N)C4)c(=O)n(C)c2)ccnc1N1CCn2c(cc3c2CC(C)(C)C3)C1=O.Cn1cc(Br)cc(Br)c1=O.Cn1cc(Br)cc(Nc2cc3n(n2)CCN(CCC#N)C3)c1=O.N#CCCN1CCn2nc([N+](=O)[O-])cc2C1.N#CCCN1CCn2nc([N+](=O)[O-])cc2C1. The van der Waals surface area contributed by atoms with Crippen molar-refractivity contribution in [2.75, 3.05) is 74.4 Å². The predicted octanol–water partition coefficient (Wildman–Crippen LogP) is 9.03. The quantitative estimate of drug-likeness (QED) is 0.0633. The van der Waals surface area contributed by atoms with Crippen LogP contribution in [0.25, 0.3) is 11.1 Å². The van der Waals surface area contributed by atoms with Crippen molar-refractivity contribution in [3.05, 3.63) is 189 Å². The van der Waals surface area contributed by atoms with Crippen LogP contribution < -0.4 is 32.2 Å². The number of anilines is 5. The molecule has 1 aliphatic carbocycles. The summed E-state index contributed by atoms with van der Waals surface area (Å²) in [5.74, 6) is 1.75. The molecule has 0 fully saturated rings. The third kappa shape index (κ3) is 19.3. The van der Waals surface area contributed by atoms with Crippen LogP contribution in [0.2, 0.25) is 0 Å². The summed E-state index contributed by atoms with van der Waals surface area (Å²) in [6.07, 6.45) is 11.7. The number of hydrogen-bond acceptors (Lipinski definition) is 23. The van der Waals surface area contributed by atoms with E-state index in [-0.39, 0.29) is 39.6 Å². The molecule has 0 bridgehead atoms. The number of nitrogens with one attached hydrogen (secondary N) is 2. The molecule has 9 aromatic heterocycles. The van der Waals surface area contributed by atoms with Gasteiger partial charge in [0, 0.05) is 201 Å². The maximum absolute atomic E-state index is 13.9. The number of fused-ring (bicyclic) bond motifs is 7. The van der Waals surface area contributed by atoms with Crippen molar-refractivity contribution in [1.29, 1.82) is 21.0 Å². The van der Waals surface area contributed by atoms with E-state index in [0.29, 0.717) is 118 Å². The van der Waals surface area contributed by atoms with Gasteiger partial charge in [-0.1, -0.05) is 20.8 Å². The van der Waals surface area contributed by atoms with Crippen molar-refractivity contribution in [1.82, 2.24) is 82.0 Å². The van der Waals surface area contributed by atoms with Crippen LogP contribution in [0.15, 0.2) is 107 Å². The van der Waals surface area contributed by atoms with Crippen molar-refractivity contribution >= 4 is 94.2 Å². The molecule has 0 radical (unpaired) electrons. The molecule has 9 aromatic rings. The van der Waals surface area contributed by atoms with E-state index in [1.54, 1.807) is 65.8 Å². The van der Waals surface area contributed by atoms with E-state index in [0.717, 1.165) is 132 Å². The Labute approximate surface area is 658 Å². The summed E-state index contributed by atoms with van der Waals surface area (Å²) in [4.78, 5) is 85.7. The van der Waals surface area contributed by atoms with Crippen LogP contribution in [0.1, 0.15) is 96.5 Å². The number of aryl methyl sites for hydroxylation is 3. The van der Waals surface area contributed by atoms with Crippen LogP contribution in [-0.4, -0.2) is 157 Å². The maximum Gasteiger partial charge on any atom is 0.390 e. The zero-order chi connectivity index (χ0) is 78.7.